The molecule has 3 rings (SSSR count). The highest BCUT2D eigenvalue weighted by Crippen LogP contribution is 2.27. The summed E-state index contributed by atoms with van der Waals surface area (Å²) in [4.78, 5) is 37.2. The fourth-order valence-corrected chi connectivity index (χ4v) is 3.52. The molecule has 0 aromatic heterocycles. The van der Waals surface area contributed by atoms with Gasteiger partial charge >= 0.3 is 6.03 Å². The van der Waals surface area contributed by atoms with Crippen molar-refractivity contribution in [3.8, 4) is 0 Å². The quantitative estimate of drug-likeness (QED) is 0.734. The molecule has 0 bridgehead atoms. The van der Waals surface area contributed by atoms with E-state index >= 15 is 0 Å². The third-order valence-corrected chi connectivity index (χ3v) is 4.36. The molecule has 110 valence electrons. The smallest absolute Gasteiger partial charge is 0.322 e. The molecular formula is C13H11BrClN3O3. The molecule has 2 N–H and O–H groups in total. The van der Waals surface area contributed by atoms with Crippen LogP contribution in [0.5, 0.6) is 0 Å². The second-order valence-corrected chi connectivity index (χ2v) is 6.48. The summed E-state index contributed by atoms with van der Waals surface area (Å²) in [6.45, 7) is 0.560. The van der Waals surface area contributed by atoms with Gasteiger partial charge in [0.1, 0.15) is 5.54 Å². The molecule has 2 saturated heterocycles. The number of carbonyl (C=O) groups is 3. The number of hydrogen-bond acceptors (Lipinski definition) is 3. The van der Waals surface area contributed by atoms with Gasteiger partial charge in [-0.05, 0) is 24.6 Å². The van der Waals surface area contributed by atoms with Gasteiger partial charge in [0.2, 0.25) is 0 Å². The van der Waals surface area contributed by atoms with E-state index in [4.69, 9.17) is 11.6 Å². The average Bonchev–Trinajstić information content (AvgIpc) is 2.93. The van der Waals surface area contributed by atoms with Crippen LogP contribution in [0.2, 0.25) is 5.02 Å². The van der Waals surface area contributed by atoms with Crippen molar-refractivity contribution in [2.24, 2.45) is 0 Å². The molecule has 2 aliphatic rings. The first-order valence-electron chi connectivity index (χ1n) is 6.29. The first kappa shape index (κ1) is 14.3. The molecule has 1 spiro atoms. The zero-order chi connectivity index (χ0) is 15.2. The van der Waals surface area contributed by atoms with E-state index in [1.165, 1.54) is 0 Å². The Labute approximate surface area is 133 Å². The first-order chi connectivity index (χ1) is 9.89. The molecule has 1 unspecified atom stereocenters. The summed E-state index contributed by atoms with van der Waals surface area (Å²) < 4.78 is 0.708. The van der Waals surface area contributed by atoms with Gasteiger partial charge in [-0.2, -0.15) is 0 Å². The Morgan fingerprint density at radius 2 is 2.10 bits per heavy atom. The molecule has 1 aromatic rings. The lowest BCUT2D eigenvalue weighted by molar-refractivity contribution is -0.123. The zero-order valence-corrected chi connectivity index (χ0v) is 13.1. The number of urea groups is 1. The molecule has 4 amide bonds. The topological polar surface area (TPSA) is 78.5 Å². The average molecular weight is 373 g/mol. The van der Waals surface area contributed by atoms with Gasteiger partial charge in [-0.25, -0.2) is 4.79 Å². The van der Waals surface area contributed by atoms with Crippen LogP contribution in [0.3, 0.4) is 0 Å². The molecule has 8 heteroatoms. The lowest BCUT2D eigenvalue weighted by Gasteiger charge is -2.21. The predicted octanol–water partition coefficient (Wildman–Crippen LogP) is 1.53. The zero-order valence-electron chi connectivity index (χ0n) is 10.8. The third kappa shape index (κ3) is 2.51. The predicted molar refractivity (Wildman–Crippen MR) is 79.1 cm³/mol. The Kier molecular flexibility index (Phi) is 3.41. The molecule has 0 saturated carbocycles. The molecule has 2 aliphatic heterocycles. The van der Waals surface area contributed by atoms with Gasteiger partial charge in [0.15, 0.2) is 0 Å². The number of halogens is 2. The minimum absolute atomic E-state index is 0.160. The number of benzene rings is 1. The van der Waals surface area contributed by atoms with Crippen molar-refractivity contribution >= 4 is 45.4 Å². The number of hydrogen-bond donors (Lipinski definition) is 2. The van der Waals surface area contributed by atoms with Crippen molar-refractivity contribution in [2.75, 3.05) is 13.1 Å². The monoisotopic (exact) mass is 371 g/mol. The Morgan fingerprint density at radius 3 is 2.71 bits per heavy atom. The van der Waals surface area contributed by atoms with Crippen LogP contribution in [0.4, 0.5) is 4.79 Å². The number of amides is 4. The number of imide groups is 1. The van der Waals surface area contributed by atoms with Gasteiger partial charge in [0.05, 0.1) is 6.54 Å². The van der Waals surface area contributed by atoms with E-state index in [0.29, 0.717) is 28.0 Å². The van der Waals surface area contributed by atoms with Gasteiger partial charge in [-0.1, -0.05) is 27.5 Å². The Morgan fingerprint density at radius 1 is 1.33 bits per heavy atom. The summed E-state index contributed by atoms with van der Waals surface area (Å²) in [5.41, 5.74) is -0.557. The van der Waals surface area contributed by atoms with E-state index in [9.17, 15) is 14.4 Å². The molecule has 21 heavy (non-hydrogen) atoms. The number of likely N-dealkylation sites (tertiary alicyclic amines) is 1. The van der Waals surface area contributed by atoms with Crippen LogP contribution in [0.15, 0.2) is 22.7 Å². The summed E-state index contributed by atoms with van der Waals surface area (Å²) in [6, 6.07) is 4.42. The highest BCUT2D eigenvalue weighted by Gasteiger charge is 2.51. The van der Waals surface area contributed by atoms with Crippen molar-refractivity contribution in [1.82, 2.24) is 15.5 Å². The molecule has 0 radical (unpaired) electrons. The Balaban J connectivity index is 1.81. The summed E-state index contributed by atoms with van der Waals surface area (Å²) >= 11 is 9.23. The van der Waals surface area contributed by atoms with Crippen molar-refractivity contribution in [3.63, 3.8) is 0 Å². The van der Waals surface area contributed by atoms with Crippen molar-refractivity contribution in [2.45, 2.75) is 12.0 Å². The Bertz CT molecular complexity index is 646. The standard InChI is InChI=1S/C13H11BrClN3O3/c14-8-3-7(4-9(15)5-8)10(19)18-2-1-13(6-18)11(20)16-12(21)17-13/h3-5H,1-2,6H2,(H2,16,17,20,21). The van der Waals surface area contributed by atoms with E-state index in [0.717, 1.165) is 0 Å². The van der Waals surface area contributed by atoms with Crippen LogP contribution in [0.1, 0.15) is 16.8 Å². The van der Waals surface area contributed by atoms with Crippen molar-refractivity contribution < 1.29 is 14.4 Å². The normalized spacial score (nSPS) is 24.4. The van der Waals surface area contributed by atoms with Crippen LogP contribution < -0.4 is 10.6 Å². The van der Waals surface area contributed by atoms with Gasteiger partial charge in [-0.3, -0.25) is 14.9 Å². The fraction of sp³-hybridized carbons (Fsp3) is 0.308. The maximum absolute atomic E-state index is 12.5. The van der Waals surface area contributed by atoms with Crippen LogP contribution in [-0.2, 0) is 4.79 Å². The van der Waals surface area contributed by atoms with Crippen LogP contribution in [0.25, 0.3) is 0 Å². The largest absolute Gasteiger partial charge is 0.336 e. The minimum atomic E-state index is -0.997. The number of carbonyl (C=O) groups excluding carboxylic acids is 3. The minimum Gasteiger partial charge on any atom is -0.336 e. The van der Waals surface area contributed by atoms with E-state index in [1.807, 2.05) is 0 Å². The van der Waals surface area contributed by atoms with E-state index in [1.54, 1.807) is 23.1 Å². The molecule has 1 atom stereocenters. The summed E-state index contributed by atoms with van der Waals surface area (Å²) in [5.74, 6) is -0.598. The second kappa shape index (κ2) is 4.99. The molecule has 6 nitrogen and oxygen atoms in total. The highest BCUT2D eigenvalue weighted by atomic mass is 79.9. The first-order valence-corrected chi connectivity index (χ1v) is 7.46. The third-order valence-electron chi connectivity index (χ3n) is 3.68. The second-order valence-electron chi connectivity index (χ2n) is 5.13. The van der Waals surface area contributed by atoms with E-state index in [-0.39, 0.29) is 18.4 Å². The number of nitrogens with zero attached hydrogens (tertiary/aromatic N) is 1. The molecule has 0 aliphatic carbocycles. The van der Waals surface area contributed by atoms with E-state index < -0.39 is 11.6 Å². The molecule has 2 heterocycles. The van der Waals surface area contributed by atoms with Gasteiger partial charge < -0.3 is 10.2 Å². The van der Waals surface area contributed by atoms with Crippen LogP contribution in [0, 0.1) is 0 Å². The Hall–Kier alpha value is -1.60. The molecular weight excluding hydrogens is 362 g/mol. The van der Waals surface area contributed by atoms with Crippen molar-refractivity contribution in [1.29, 1.82) is 0 Å². The lowest BCUT2D eigenvalue weighted by atomic mass is 9.99. The van der Waals surface area contributed by atoms with Gasteiger partial charge in [-0.15, -0.1) is 0 Å². The van der Waals surface area contributed by atoms with Crippen molar-refractivity contribution in [3.05, 3.63) is 33.3 Å². The van der Waals surface area contributed by atoms with Crippen LogP contribution in [-0.4, -0.2) is 41.4 Å². The van der Waals surface area contributed by atoms with Gasteiger partial charge in [0.25, 0.3) is 11.8 Å². The number of rotatable bonds is 1. The fourth-order valence-electron chi connectivity index (χ4n) is 2.66. The molecule has 2 fully saturated rings. The maximum Gasteiger partial charge on any atom is 0.322 e. The maximum atomic E-state index is 12.5. The summed E-state index contributed by atoms with van der Waals surface area (Å²) in [7, 11) is 0. The summed E-state index contributed by atoms with van der Waals surface area (Å²) in [6.07, 6.45) is 0.401. The lowest BCUT2D eigenvalue weighted by Crippen LogP contribution is -2.49. The van der Waals surface area contributed by atoms with E-state index in [2.05, 4.69) is 26.6 Å². The highest BCUT2D eigenvalue weighted by molar-refractivity contribution is 9.10. The van der Waals surface area contributed by atoms with Crippen LogP contribution >= 0.6 is 27.5 Å². The SMILES string of the molecule is O=C1NC(=O)C2(CCN(C(=O)c3cc(Cl)cc(Br)c3)C2)N1. The molecule has 1 aromatic carbocycles. The van der Waals surface area contributed by atoms with Gasteiger partial charge in [0, 0.05) is 21.6 Å². The summed E-state index contributed by atoms with van der Waals surface area (Å²) in [5, 5.41) is 5.27. The number of nitrogens with one attached hydrogen (secondary N) is 2.